The fourth-order valence-electron chi connectivity index (χ4n) is 2.26. The van der Waals surface area contributed by atoms with Gasteiger partial charge in [-0.2, -0.15) is 0 Å². The number of hydrazine groups is 1. The summed E-state index contributed by atoms with van der Waals surface area (Å²) in [5, 5.41) is 0. The van der Waals surface area contributed by atoms with Crippen molar-refractivity contribution in [3.63, 3.8) is 0 Å². The monoisotopic (exact) mass is 141 g/mol. The molecule has 56 valence electrons. The van der Waals surface area contributed by atoms with Gasteiger partial charge in [0.15, 0.2) is 0 Å². The van der Waals surface area contributed by atoms with E-state index >= 15 is 0 Å². The highest BCUT2D eigenvalue weighted by Gasteiger charge is 2.69. The van der Waals surface area contributed by atoms with Gasteiger partial charge in [-0.05, 0) is 19.3 Å². The summed E-state index contributed by atoms with van der Waals surface area (Å²) in [6.07, 6.45) is 2.47. The molecule has 3 fully saturated rings. The van der Waals surface area contributed by atoms with Crippen LogP contribution in [0.1, 0.15) is 19.3 Å². The van der Waals surface area contributed by atoms with Crippen LogP contribution in [0.3, 0.4) is 0 Å². The number of nitrogens with two attached hydrogens (primary N) is 2. The minimum absolute atomic E-state index is 0.00743. The van der Waals surface area contributed by atoms with Gasteiger partial charge >= 0.3 is 0 Å². The van der Waals surface area contributed by atoms with Crippen molar-refractivity contribution in [3.8, 4) is 0 Å². The number of rotatable bonds is 1. The molecule has 4 heteroatoms. The number of carbonyl (C=O) groups is 1. The van der Waals surface area contributed by atoms with Crippen LogP contribution < -0.4 is 17.0 Å². The van der Waals surface area contributed by atoms with E-state index in [1.807, 2.05) is 0 Å². The first-order valence-electron chi connectivity index (χ1n) is 3.40. The van der Waals surface area contributed by atoms with E-state index in [0.717, 1.165) is 19.3 Å². The van der Waals surface area contributed by atoms with E-state index in [9.17, 15) is 4.79 Å². The van der Waals surface area contributed by atoms with Crippen LogP contribution in [0.5, 0.6) is 0 Å². The summed E-state index contributed by atoms with van der Waals surface area (Å²) in [4.78, 5) is 11.0. The van der Waals surface area contributed by atoms with Crippen LogP contribution in [0.2, 0.25) is 0 Å². The molecule has 0 unspecified atom stereocenters. The lowest BCUT2D eigenvalue weighted by molar-refractivity contribution is -0.172. The second-order valence-electron chi connectivity index (χ2n) is 3.65. The van der Waals surface area contributed by atoms with Crippen molar-refractivity contribution in [3.05, 3.63) is 0 Å². The molecule has 10 heavy (non-hydrogen) atoms. The summed E-state index contributed by atoms with van der Waals surface area (Å²) in [7, 11) is 0. The van der Waals surface area contributed by atoms with Gasteiger partial charge in [-0.25, -0.2) is 5.84 Å². The smallest absolute Gasteiger partial charge is 0.240 e. The molecule has 3 aliphatic carbocycles. The maximum absolute atomic E-state index is 11.0. The van der Waals surface area contributed by atoms with Gasteiger partial charge in [0.1, 0.15) is 0 Å². The highest BCUT2D eigenvalue weighted by molar-refractivity contribution is 5.86. The van der Waals surface area contributed by atoms with Crippen LogP contribution >= 0.6 is 0 Å². The van der Waals surface area contributed by atoms with Gasteiger partial charge in [-0.15, -0.1) is 0 Å². The van der Waals surface area contributed by atoms with E-state index in [4.69, 9.17) is 11.6 Å². The van der Waals surface area contributed by atoms with Crippen molar-refractivity contribution in [2.75, 3.05) is 0 Å². The second kappa shape index (κ2) is 1.35. The second-order valence-corrected chi connectivity index (χ2v) is 3.65. The third-order valence-corrected chi connectivity index (χ3v) is 2.68. The number of nitrogens with one attached hydrogen (secondary N) is 1. The molecule has 0 spiro atoms. The van der Waals surface area contributed by atoms with E-state index in [0.29, 0.717) is 0 Å². The van der Waals surface area contributed by atoms with E-state index in [1.54, 1.807) is 0 Å². The Kier molecular flexibility index (Phi) is 0.830. The predicted molar refractivity (Wildman–Crippen MR) is 35.5 cm³/mol. The highest BCUT2D eigenvalue weighted by atomic mass is 16.2. The number of hydrogen-bond donors (Lipinski definition) is 3. The van der Waals surface area contributed by atoms with Crippen molar-refractivity contribution < 1.29 is 4.79 Å². The fraction of sp³-hybridized carbons (Fsp3) is 0.833. The van der Waals surface area contributed by atoms with Crippen LogP contribution in [0, 0.1) is 5.41 Å². The summed E-state index contributed by atoms with van der Waals surface area (Å²) >= 11 is 0. The van der Waals surface area contributed by atoms with Crippen molar-refractivity contribution in [2.24, 2.45) is 17.0 Å². The molecule has 4 nitrogen and oxygen atoms in total. The first kappa shape index (κ1) is 6.12. The van der Waals surface area contributed by atoms with E-state index in [-0.39, 0.29) is 16.9 Å². The molecule has 1 amide bonds. The minimum atomic E-state index is -0.163. The molecule has 3 aliphatic rings. The zero-order valence-corrected chi connectivity index (χ0v) is 5.68. The normalized spacial score (nSPS) is 49.0. The van der Waals surface area contributed by atoms with Crippen molar-refractivity contribution >= 4 is 5.91 Å². The molecule has 0 heterocycles. The Morgan fingerprint density at radius 2 is 1.90 bits per heavy atom. The fourth-order valence-corrected chi connectivity index (χ4v) is 2.26. The maximum Gasteiger partial charge on any atom is 0.240 e. The topological polar surface area (TPSA) is 81.1 Å². The largest absolute Gasteiger partial charge is 0.325 e. The summed E-state index contributed by atoms with van der Waals surface area (Å²) in [5.41, 5.74) is 7.74. The quantitative estimate of drug-likeness (QED) is 0.245. The molecular weight excluding hydrogens is 130 g/mol. The van der Waals surface area contributed by atoms with Crippen LogP contribution in [-0.4, -0.2) is 11.4 Å². The van der Waals surface area contributed by atoms with Crippen LogP contribution in [0.25, 0.3) is 0 Å². The Bertz CT molecular complexity index is 181. The molecule has 2 bridgehead atoms. The zero-order chi connectivity index (χ0) is 7.41. The average Bonchev–Trinajstić information content (AvgIpc) is 1.77. The number of carbonyl (C=O) groups excluding carboxylic acids is 1. The molecule has 0 aromatic heterocycles. The molecule has 3 rings (SSSR count). The SMILES string of the molecule is NNC(=O)C12CC(N)(C1)C2. The van der Waals surface area contributed by atoms with E-state index < -0.39 is 0 Å². The third-order valence-electron chi connectivity index (χ3n) is 2.68. The number of hydrogen-bond acceptors (Lipinski definition) is 3. The van der Waals surface area contributed by atoms with Gasteiger partial charge in [0.25, 0.3) is 0 Å². The molecule has 0 aliphatic heterocycles. The predicted octanol–water partition coefficient (Wildman–Crippen LogP) is -1.14. The lowest BCUT2D eigenvalue weighted by Gasteiger charge is -2.67. The van der Waals surface area contributed by atoms with Gasteiger partial charge in [-0.3, -0.25) is 10.2 Å². The van der Waals surface area contributed by atoms with Gasteiger partial charge in [-0.1, -0.05) is 0 Å². The lowest BCUT2D eigenvalue weighted by Crippen LogP contribution is -2.76. The summed E-state index contributed by atoms with van der Waals surface area (Å²) in [5.74, 6) is 4.95. The van der Waals surface area contributed by atoms with Crippen molar-refractivity contribution in [1.82, 2.24) is 5.43 Å². The number of amides is 1. The van der Waals surface area contributed by atoms with Gasteiger partial charge in [0.2, 0.25) is 5.91 Å². The minimum Gasteiger partial charge on any atom is -0.325 e. The van der Waals surface area contributed by atoms with E-state index in [2.05, 4.69) is 5.43 Å². The van der Waals surface area contributed by atoms with Crippen molar-refractivity contribution in [1.29, 1.82) is 0 Å². The Morgan fingerprint density at radius 3 is 2.20 bits per heavy atom. The summed E-state index contributed by atoms with van der Waals surface area (Å²) in [6, 6.07) is 0. The molecule has 0 atom stereocenters. The lowest BCUT2D eigenvalue weighted by atomic mass is 9.39. The van der Waals surface area contributed by atoms with Gasteiger partial charge < -0.3 is 5.73 Å². The molecular formula is C6H11N3O. The zero-order valence-electron chi connectivity index (χ0n) is 5.68. The van der Waals surface area contributed by atoms with E-state index in [1.165, 1.54) is 0 Å². The molecule has 0 saturated heterocycles. The van der Waals surface area contributed by atoms with Crippen LogP contribution in [0.4, 0.5) is 0 Å². The Labute approximate surface area is 58.9 Å². The molecule has 5 N–H and O–H groups in total. The molecule has 0 aromatic rings. The van der Waals surface area contributed by atoms with Crippen molar-refractivity contribution in [2.45, 2.75) is 24.8 Å². The first-order chi connectivity index (χ1) is 4.60. The first-order valence-corrected chi connectivity index (χ1v) is 3.40. The maximum atomic E-state index is 11.0. The highest BCUT2D eigenvalue weighted by Crippen LogP contribution is 2.65. The third kappa shape index (κ3) is 0.468. The summed E-state index contributed by atoms with van der Waals surface area (Å²) < 4.78 is 0. The molecule has 0 aromatic carbocycles. The molecule has 0 radical (unpaired) electrons. The summed E-state index contributed by atoms with van der Waals surface area (Å²) in [6.45, 7) is 0. The Balaban J connectivity index is 2.04. The Hall–Kier alpha value is -0.610. The average molecular weight is 141 g/mol. The van der Waals surface area contributed by atoms with Crippen LogP contribution in [0.15, 0.2) is 0 Å². The van der Waals surface area contributed by atoms with Crippen LogP contribution in [-0.2, 0) is 4.79 Å². The van der Waals surface area contributed by atoms with Gasteiger partial charge in [0, 0.05) is 5.54 Å². The molecule has 3 saturated carbocycles. The Morgan fingerprint density at radius 1 is 1.40 bits per heavy atom. The van der Waals surface area contributed by atoms with Gasteiger partial charge in [0.05, 0.1) is 5.41 Å². The standard InChI is InChI=1S/C6H11N3O/c7-6-1-5(2-6,3-6)4(10)9-8/h1-3,7-8H2,(H,9,10).